The number of fused-ring (bicyclic) bond motifs is 1. The Hall–Kier alpha value is -1.34. The van der Waals surface area contributed by atoms with E-state index in [1.165, 1.54) is 0 Å². The highest BCUT2D eigenvalue weighted by Gasteiger charge is 2.56. The Morgan fingerprint density at radius 1 is 1.13 bits per heavy atom. The van der Waals surface area contributed by atoms with Crippen LogP contribution in [-0.4, -0.2) is 27.5 Å². The summed E-state index contributed by atoms with van der Waals surface area (Å²) in [6.45, 7) is 5.89. The van der Waals surface area contributed by atoms with Gasteiger partial charge in [-0.15, -0.1) is 12.6 Å². The Morgan fingerprint density at radius 2 is 1.83 bits per heavy atom. The summed E-state index contributed by atoms with van der Waals surface area (Å²) in [6.07, 6.45) is 2.86. The number of aryl methyl sites for hydroxylation is 1. The quantitative estimate of drug-likeness (QED) is 0.858. The van der Waals surface area contributed by atoms with Crippen LogP contribution in [0.5, 0.6) is 0 Å². The Bertz CT molecular complexity index is 713. The molecule has 2 aliphatic heterocycles. The van der Waals surface area contributed by atoms with E-state index < -0.39 is 5.79 Å². The summed E-state index contributed by atoms with van der Waals surface area (Å²) in [7, 11) is 0. The van der Waals surface area contributed by atoms with E-state index in [2.05, 4.69) is 17.6 Å². The second kappa shape index (κ2) is 5.34. The minimum absolute atomic E-state index is 0.150. The van der Waals surface area contributed by atoms with Crippen LogP contribution in [0.4, 0.5) is 0 Å². The monoisotopic (exact) mass is 332 g/mol. The van der Waals surface area contributed by atoms with Crippen molar-refractivity contribution in [3.63, 3.8) is 0 Å². The predicted molar refractivity (Wildman–Crippen MR) is 87.3 cm³/mol. The molecule has 0 saturated carbocycles. The first kappa shape index (κ1) is 15.2. The van der Waals surface area contributed by atoms with Gasteiger partial charge in [-0.1, -0.05) is 12.1 Å². The Balaban J connectivity index is 1.71. The van der Waals surface area contributed by atoms with Crippen LogP contribution in [0.15, 0.2) is 41.7 Å². The summed E-state index contributed by atoms with van der Waals surface area (Å²) in [5, 5.41) is 0. The van der Waals surface area contributed by atoms with Gasteiger partial charge in [0.1, 0.15) is 18.3 Å². The number of thiol groups is 1. The number of aromatic nitrogens is 2. The molecule has 4 rings (SSSR count). The Labute approximate surface area is 141 Å². The molecule has 5 nitrogen and oxygen atoms in total. The van der Waals surface area contributed by atoms with Crippen LogP contribution in [0.2, 0.25) is 0 Å². The summed E-state index contributed by atoms with van der Waals surface area (Å²) in [4.78, 5) is 5.13. The first-order valence-electron chi connectivity index (χ1n) is 7.73. The molecule has 0 spiro atoms. The highest BCUT2D eigenvalue weighted by Crippen LogP contribution is 2.49. The van der Waals surface area contributed by atoms with E-state index >= 15 is 0 Å². The summed E-state index contributed by atoms with van der Waals surface area (Å²) in [5.74, 6) is -0.617. The van der Waals surface area contributed by atoms with Gasteiger partial charge in [-0.05, 0) is 38.5 Å². The molecule has 1 aromatic heterocycles. The van der Waals surface area contributed by atoms with Gasteiger partial charge in [-0.3, -0.25) is 0 Å². The third-order valence-electron chi connectivity index (χ3n) is 4.38. The number of rotatable bonds is 2. The SMILES string of the molecule is Cc1cncn1[C@@H]1O[C@@H](c2ccc(S)cc2)[C@@H]2OC(C)(C)O[C@@H]21. The maximum absolute atomic E-state index is 6.32. The normalized spacial score (nSPS) is 32.2. The van der Waals surface area contributed by atoms with Crippen molar-refractivity contribution >= 4 is 12.6 Å². The van der Waals surface area contributed by atoms with Crippen molar-refractivity contribution in [2.75, 3.05) is 0 Å². The van der Waals surface area contributed by atoms with Crippen LogP contribution in [0.3, 0.4) is 0 Å². The number of benzene rings is 1. The largest absolute Gasteiger partial charge is 0.344 e. The van der Waals surface area contributed by atoms with E-state index in [1.807, 2.05) is 55.8 Å². The van der Waals surface area contributed by atoms with Crippen molar-refractivity contribution in [1.82, 2.24) is 9.55 Å². The molecule has 122 valence electrons. The van der Waals surface area contributed by atoms with Gasteiger partial charge in [0.05, 0.1) is 6.33 Å². The molecule has 2 aromatic rings. The molecule has 0 unspecified atom stereocenters. The highest BCUT2D eigenvalue weighted by molar-refractivity contribution is 7.80. The molecule has 0 N–H and O–H groups in total. The van der Waals surface area contributed by atoms with Crippen LogP contribution in [-0.2, 0) is 14.2 Å². The zero-order chi connectivity index (χ0) is 16.2. The molecule has 2 aliphatic rings. The van der Waals surface area contributed by atoms with Crippen molar-refractivity contribution in [3.8, 4) is 0 Å². The fourth-order valence-corrected chi connectivity index (χ4v) is 3.52. The minimum Gasteiger partial charge on any atom is -0.344 e. The van der Waals surface area contributed by atoms with Gasteiger partial charge in [-0.25, -0.2) is 4.98 Å². The first-order chi connectivity index (χ1) is 10.9. The second-order valence-electron chi connectivity index (χ2n) is 6.55. The predicted octanol–water partition coefficient (Wildman–Crippen LogP) is 3.27. The van der Waals surface area contributed by atoms with E-state index in [-0.39, 0.29) is 24.5 Å². The second-order valence-corrected chi connectivity index (χ2v) is 7.06. The molecule has 23 heavy (non-hydrogen) atoms. The van der Waals surface area contributed by atoms with Crippen LogP contribution in [0.1, 0.15) is 37.4 Å². The zero-order valence-electron chi connectivity index (χ0n) is 13.3. The molecule has 0 radical (unpaired) electrons. The van der Waals surface area contributed by atoms with Crippen LogP contribution < -0.4 is 0 Å². The number of nitrogens with zero attached hydrogens (tertiary/aromatic N) is 2. The molecule has 1 aromatic carbocycles. The maximum Gasteiger partial charge on any atom is 0.165 e. The third-order valence-corrected chi connectivity index (χ3v) is 4.68. The fourth-order valence-electron chi connectivity index (χ4n) is 3.37. The van der Waals surface area contributed by atoms with Crippen molar-refractivity contribution in [3.05, 3.63) is 48.0 Å². The van der Waals surface area contributed by atoms with Crippen LogP contribution >= 0.6 is 12.6 Å². The Morgan fingerprint density at radius 3 is 2.48 bits per heavy atom. The average molecular weight is 332 g/mol. The van der Waals surface area contributed by atoms with Crippen LogP contribution in [0.25, 0.3) is 0 Å². The molecule has 2 fully saturated rings. The van der Waals surface area contributed by atoms with Gasteiger partial charge in [-0.2, -0.15) is 0 Å². The molecule has 3 heterocycles. The van der Waals surface area contributed by atoms with E-state index in [9.17, 15) is 0 Å². The summed E-state index contributed by atoms with van der Waals surface area (Å²) >= 11 is 4.35. The lowest BCUT2D eigenvalue weighted by Gasteiger charge is -2.25. The lowest BCUT2D eigenvalue weighted by atomic mass is 10.0. The van der Waals surface area contributed by atoms with E-state index in [0.29, 0.717) is 0 Å². The molecule has 0 aliphatic carbocycles. The zero-order valence-corrected chi connectivity index (χ0v) is 14.2. The molecular weight excluding hydrogens is 312 g/mol. The maximum atomic E-state index is 6.32. The number of imidazole rings is 1. The van der Waals surface area contributed by atoms with E-state index in [1.54, 1.807) is 6.33 Å². The Kier molecular flexibility index (Phi) is 3.53. The van der Waals surface area contributed by atoms with Gasteiger partial charge in [0.2, 0.25) is 0 Å². The van der Waals surface area contributed by atoms with Gasteiger partial charge in [0, 0.05) is 16.8 Å². The third kappa shape index (κ3) is 2.59. The first-order valence-corrected chi connectivity index (χ1v) is 8.18. The molecular formula is C17H20N2O3S. The van der Waals surface area contributed by atoms with E-state index in [0.717, 1.165) is 16.2 Å². The van der Waals surface area contributed by atoms with E-state index in [4.69, 9.17) is 14.2 Å². The summed E-state index contributed by atoms with van der Waals surface area (Å²) < 4.78 is 20.6. The molecule has 4 atom stereocenters. The summed E-state index contributed by atoms with van der Waals surface area (Å²) in [5.41, 5.74) is 2.10. The highest BCUT2D eigenvalue weighted by atomic mass is 32.1. The summed E-state index contributed by atoms with van der Waals surface area (Å²) in [6, 6.07) is 7.99. The van der Waals surface area contributed by atoms with Crippen molar-refractivity contribution in [2.24, 2.45) is 0 Å². The van der Waals surface area contributed by atoms with Crippen molar-refractivity contribution in [2.45, 2.75) is 56.0 Å². The van der Waals surface area contributed by atoms with Gasteiger partial charge in [0.25, 0.3) is 0 Å². The molecule has 0 bridgehead atoms. The molecule has 2 saturated heterocycles. The fraction of sp³-hybridized carbons (Fsp3) is 0.471. The topological polar surface area (TPSA) is 45.5 Å². The van der Waals surface area contributed by atoms with Gasteiger partial charge >= 0.3 is 0 Å². The van der Waals surface area contributed by atoms with Crippen molar-refractivity contribution < 1.29 is 14.2 Å². The lowest BCUT2D eigenvalue weighted by Crippen LogP contribution is -2.28. The van der Waals surface area contributed by atoms with Gasteiger partial charge < -0.3 is 18.8 Å². The molecule has 6 heteroatoms. The average Bonchev–Trinajstić information content (AvgIpc) is 3.13. The standard InChI is InChI=1S/C17H20N2O3S/c1-10-8-18-9-19(10)16-15-14(21-17(2,3)22-15)13(20-16)11-4-6-12(23)7-5-11/h4-9,13-16,23H,1-3H3/t13-,14-,15-,16+/m0/s1. The lowest BCUT2D eigenvalue weighted by molar-refractivity contribution is -0.198. The number of hydrogen-bond acceptors (Lipinski definition) is 5. The van der Waals surface area contributed by atoms with Crippen molar-refractivity contribution in [1.29, 1.82) is 0 Å². The van der Waals surface area contributed by atoms with Gasteiger partial charge in [0.15, 0.2) is 12.0 Å². The smallest absolute Gasteiger partial charge is 0.165 e. The molecule has 0 amide bonds. The number of ether oxygens (including phenoxy) is 3. The van der Waals surface area contributed by atoms with Crippen LogP contribution in [0, 0.1) is 6.92 Å². The number of hydrogen-bond donors (Lipinski definition) is 1. The minimum atomic E-state index is -0.617.